The van der Waals surface area contributed by atoms with E-state index in [2.05, 4.69) is 22.5 Å². The maximum atomic E-state index is 12.2. The van der Waals surface area contributed by atoms with Crippen LogP contribution in [0.1, 0.15) is 57.8 Å². The number of aliphatic hydroxyl groups excluding tert-OH is 2. The molecule has 3 fully saturated rings. The number of ether oxygens (including phenoxy) is 3. The Morgan fingerprint density at radius 1 is 1.07 bits per heavy atom. The van der Waals surface area contributed by atoms with Crippen molar-refractivity contribution in [2.24, 2.45) is 0 Å². The van der Waals surface area contributed by atoms with Crippen LogP contribution in [0.15, 0.2) is 11.1 Å². The number of unbranched alkanes of at least 4 members (excludes halogenated alkanes) is 1. The fraction of sp³-hybridized carbons (Fsp3) is 0.850. The van der Waals surface area contributed by atoms with E-state index < -0.39 is 12.2 Å². The van der Waals surface area contributed by atoms with Crippen LogP contribution in [-0.4, -0.2) is 65.3 Å². The van der Waals surface area contributed by atoms with Gasteiger partial charge in [-0.25, -0.2) is 0 Å². The Hall–Kier alpha value is -0.310. The zero-order valence-corrected chi connectivity index (χ0v) is 17.3. The zero-order valence-electron chi connectivity index (χ0n) is 15.7. The highest BCUT2D eigenvalue weighted by Gasteiger charge is 2.52. The number of aliphatic hydroxyl groups is 2. The Bertz CT molecular complexity index is 527. The highest BCUT2D eigenvalue weighted by atomic mass is 79.9. The number of rotatable bonds is 9. The quantitative estimate of drug-likeness (QED) is 0.529. The van der Waals surface area contributed by atoms with Crippen LogP contribution >= 0.6 is 15.9 Å². The first-order chi connectivity index (χ1) is 13.0. The number of halogens is 1. The van der Waals surface area contributed by atoms with Gasteiger partial charge in [0.25, 0.3) is 0 Å². The highest BCUT2D eigenvalue weighted by molar-refractivity contribution is 9.11. The molecule has 7 atom stereocenters. The molecule has 3 aliphatic heterocycles. The topological polar surface area (TPSA) is 85.2 Å². The van der Waals surface area contributed by atoms with E-state index in [0.717, 1.165) is 36.6 Å². The van der Waals surface area contributed by atoms with Gasteiger partial charge in [-0.1, -0.05) is 22.5 Å². The molecular formula is C20H31BrO6. The van der Waals surface area contributed by atoms with Crippen molar-refractivity contribution in [2.45, 2.75) is 101 Å². The maximum absolute atomic E-state index is 12.2. The van der Waals surface area contributed by atoms with Gasteiger partial charge in [-0.05, 0) is 43.0 Å². The number of fused-ring (bicyclic) bond motifs is 2. The molecule has 0 spiro atoms. The third-order valence-corrected chi connectivity index (χ3v) is 6.22. The smallest absolute Gasteiger partial charge is 0.135 e. The Balaban J connectivity index is 1.46. The van der Waals surface area contributed by atoms with Gasteiger partial charge in [-0.2, -0.15) is 0 Å². The van der Waals surface area contributed by atoms with E-state index in [0.29, 0.717) is 19.3 Å². The third kappa shape index (κ3) is 5.61. The lowest BCUT2D eigenvalue weighted by Gasteiger charge is -2.43. The normalized spacial score (nSPS) is 38.3. The van der Waals surface area contributed by atoms with E-state index in [9.17, 15) is 9.90 Å². The van der Waals surface area contributed by atoms with Crippen LogP contribution in [0.5, 0.6) is 0 Å². The lowest BCUT2D eigenvalue weighted by Crippen LogP contribution is -2.52. The maximum Gasteiger partial charge on any atom is 0.135 e. The van der Waals surface area contributed by atoms with Crippen LogP contribution in [0.25, 0.3) is 0 Å². The number of Topliss-reactive ketones (excluding diaryl/α,β-unsaturated/α-hetero) is 1. The van der Waals surface area contributed by atoms with Crippen LogP contribution in [0.4, 0.5) is 0 Å². The lowest BCUT2D eigenvalue weighted by molar-refractivity contribution is -0.217. The molecule has 27 heavy (non-hydrogen) atoms. The predicted octanol–water partition coefficient (Wildman–Crippen LogP) is 2.63. The Labute approximate surface area is 169 Å². The molecule has 3 rings (SSSR count). The van der Waals surface area contributed by atoms with Gasteiger partial charge in [-0.15, -0.1) is 0 Å². The molecule has 0 bridgehead atoms. The molecule has 0 amide bonds. The second-order valence-corrected chi connectivity index (χ2v) is 9.05. The monoisotopic (exact) mass is 446 g/mol. The van der Waals surface area contributed by atoms with E-state index in [-0.39, 0.29) is 49.3 Å². The minimum absolute atomic E-state index is 0.0359. The molecule has 3 aliphatic rings. The summed E-state index contributed by atoms with van der Waals surface area (Å²) in [6.45, 7) is 3.92. The second-order valence-electron chi connectivity index (χ2n) is 7.93. The van der Waals surface area contributed by atoms with Gasteiger partial charge in [-0.3, -0.25) is 4.79 Å². The van der Waals surface area contributed by atoms with E-state index in [1.54, 1.807) is 0 Å². The van der Waals surface area contributed by atoms with E-state index in [1.165, 1.54) is 0 Å². The van der Waals surface area contributed by atoms with Crippen molar-refractivity contribution in [1.29, 1.82) is 0 Å². The average Bonchev–Trinajstić information content (AvgIpc) is 2.92. The van der Waals surface area contributed by atoms with Crippen LogP contribution in [-0.2, 0) is 19.0 Å². The number of hydrogen-bond acceptors (Lipinski definition) is 6. The first-order valence-corrected chi connectivity index (χ1v) is 10.9. The Morgan fingerprint density at radius 3 is 2.59 bits per heavy atom. The SMILES string of the molecule is C=C(Br)CCCCC(=O)C[C@H]1O[C@H]2C[C@H]3O[C@@H](CCO)CC[C@@H]3O[C@H]2[C@H]1O. The van der Waals surface area contributed by atoms with Gasteiger partial charge in [0.05, 0.1) is 30.5 Å². The van der Waals surface area contributed by atoms with E-state index >= 15 is 0 Å². The van der Waals surface area contributed by atoms with E-state index in [4.69, 9.17) is 19.3 Å². The van der Waals surface area contributed by atoms with Gasteiger partial charge < -0.3 is 24.4 Å². The van der Waals surface area contributed by atoms with Crippen LogP contribution in [0, 0.1) is 0 Å². The Kier molecular flexibility index (Phi) is 7.88. The molecule has 0 aromatic carbocycles. The number of allylic oxidation sites excluding steroid dienone is 1. The molecule has 6 nitrogen and oxygen atoms in total. The molecule has 0 aliphatic carbocycles. The first kappa shape index (κ1) is 21.4. The van der Waals surface area contributed by atoms with Gasteiger partial charge in [0.1, 0.15) is 18.0 Å². The first-order valence-electron chi connectivity index (χ1n) is 10.1. The minimum Gasteiger partial charge on any atom is -0.396 e. The Morgan fingerprint density at radius 2 is 1.85 bits per heavy atom. The summed E-state index contributed by atoms with van der Waals surface area (Å²) in [5, 5.41) is 19.7. The fourth-order valence-corrected chi connectivity index (χ4v) is 4.68. The molecule has 0 aromatic rings. The minimum atomic E-state index is -0.766. The molecular weight excluding hydrogens is 416 g/mol. The summed E-state index contributed by atoms with van der Waals surface area (Å²) >= 11 is 3.32. The lowest BCUT2D eigenvalue weighted by atomic mass is 9.90. The molecule has 154 valence electrons. The number of carbonyl (C=O) groups is 1. The van der Waals surface area contributed by atoms with Gasteiger partial charge >= 0.3 is 0 Å². The summed E-state index contributed by atoms with van der Waals surface area (Å²) in [7, 11) is 0. The molecule has 0 aromatic heterocycles. The van der Waals surface area contributed by atoms with Gasteiger partial charge in [0.15, 0.2) is 0 Å². The molecule has 2 N–H and O–H groups in total. The second kappa shape index (κ2) is 9.94. The van der Waals surface area contributed by atoms with Crippen LogP contribution < -0.4 is 0 Å². The zero-order chi connectivity index (χ0) is 19.4. The van der Waals surface area contributed by atoms with Crippen molar-refractivity contribution in [2.75, 3.05) is 6.61 Å². The summed E-state index contributed by atoms with van der Waals surface area (Å²) in [4.78, 5) is 12.2. The molecule has 7 heteroatoms. The summed E-state index contributed by atoms with van der Waals surface area (Å²) in [6, 6.07) is 0. The number of ketones is 1. The largest absolute Gasteiger partial charge is 0.396 e. The highest BCUT2D eigenvalue weighted by Crippen LogP contribution is 2.39. The molecule has 0 radical (unpaired) electrons. The number of carbonyl (C=O) groups excluding carboxylic acids is 1. The van der Waals surface area contributed by atoms with Crippen molar-refractivity contribution in [3.05, 3.63) is 11.1 Å². The summed E-state index contributed by atoms with van der Waals surface area (Å²) < 4.78 is 19.1. The predicted molar refractivity (Wildman–Crippen MR) is 104 cm³/mol. The molecule has 0 saturated carbocycles. The van der Waals surface area contributed by atoms with Gasteiger partial charge in [0.2, 0.25) is 0 Å². The van der Waals surface area contributed by atoms with Crippen LogP contribution in [0.3, 0.4) is 0 Å². The molecule has 3 saturated heterocycles. The van der Waals surface area contributed by atoms with Crippen LogP contribution in [0.2, 0.25) is 0 Å². The van der Waals surface area contributed by atoms with Crippen molar-refractivity contribution in [1.82, 2.24) is 0 Å². The molecule has 0 unspecified atom stereocenters. The van der Waals surface area contributed by atoms with Gasteiger partial charge in [0, 0.05) is 25.9 Å². The van der Waals surface area contributed by atoms with Crippen molar-refractivity contribution < 1.29 is 29.2 Å². The summed E-state index contributed by atoms with van der Waals surface area (Å²) in [5.74, 6) is 0.120. The van der Waals surface area contributed by atoms with Crippen molar-refractivity contribution in [3.63, 3.8) is 0 Å². The average molecular weight is 447 g/mol. The van der Waals surface area contributed by atoms with Crippen molar-refractivity contribution >= 4 is 21.7 Å². The molecule has 3 heterocycles. The van der Waals surface area contributed by atoms with E-state index in [1.807, 2.05) is 0 Å². The fourth-order valence-electron chi connectivity index (χ4n) is 4.40. The summed E-state index contributed by atoms with van der Waals surface area (Å²) in [5.41, 5.74) is 0. The number of hydrogen-bond donors (Lipinski definition) is 2. The summed E-state index contributed by atoms with van der Waals surface area (Å²) in [6.07, 6.45) is 4.49. The third-order valence-electron chi connectivity index (χ3n) is 5.82. The standard InChI is InChI=1S/C20H31BrO6/c1-12(21)4-2-3-5-13(23)10-17-19(24)20-18(26-17)11-16-15(27-20)7-6-14(25-16)8-9-22/h14-20,22,24H,1-11H2/t14-,15+,16-,17-,18+,19+,20-/m1/s1. The van der Waals surface area contributed by atoms with Crippen molar-refractivity contribution in [3.8, 4) is 0 Å².